The van der Waals surface area contributed by atoms with E-state index in [1.165, 1.54) is 0 Å². The number of benzene rings is 2. The Labute approximate surface area is 183 Å². The quantitative estimate of drug-likeness (QED) is 0.264. The van der Waals surface area contributed by atoms with E-state index >= 15 is 0 Å². The zero-order valence-electron chi connectivity index (χ0n) is 15.5. The van der Waals surface area contributed by atoms with Crippen molar-refractivity contribution in [3.63, 3.8) is 0 Å². The zero-order valence-corrected chi connectivity index (χ0v) is 17.1. The number of pyridine rings is 2. The van der Waals surface area contributed by atoms with Crippen molar-refractivity contribution in [3.8, 4) is 22.8 Å². The SMILES string of the molecule is [CH2-]c1ccccc1-c1ccccn1.[Pd+2].c1ccc(-c2nc3ccccc3[n-]2)nc1. The summed E-state index contributed by atoms with van der Waals surface area (Å²) in [6.45, 7) is 3.96. The normalized spacial score (nSPS) is 9.93. The number of hydrogen-bond donors (Lipinski definition) is 0. The second kappa shape index (κ2) is 9.79. The molecule has 0 fully saturated rings. The van der Waals surface area contributed by atoms with E-state index in [1.54, 1.807) is 12.4 Å². The maximum Gasteiger partial charge on any atom is 2.00 e. The van der Waals surface area contributed by atoms with Gasteiger partial charge in [-0.25, -0.2) is 0 Å². The van der Waals surface area contributed by atoms with Gasteiger partial charge in [-0.1, -0.05) is 42.5 Å². The van der Waals surface area contributed by atoms with E-state index in [2.05, 4.69) is 26.9 Å². The van der Waals surface area contributed by atoms with E-state index < -0.39 is 0 Å². The Kier molecular flexibility index (Phi) is 6.91. The largest absolute Gasteiger partial charge is 2.00 e. The molecule has 5 aromatic rings. The monoisotopic (exact) mass is 468 g/mol. The third-order valence-corrected chi connectivity index (χ3v) is 4.19. The topological polar surface area (TPSA) is 52.8 Å². The molecule has 0 spiro atoms. The van der Waals surface area contributed by atoms with Crippen molar-refractivity contribution in [2.45, 2.75) is 0 Å². The van der Waals surface area contributed by atoms with Gasteiger partial charge in [-0.05, 0) is 41.1 Å². The summed E-state index contributed by atoms with van der Waals surface area (Å²) >= 11 is 0. The predicted octanol–water partition coefficient (Wildman–Crippen LogP) is 5.18. The molecular formula is C24H18N4Pd. The van der Waals surface area contributed by atoms with Gasteiger partial charge in [0.1, 0.15) is 0 Å². The molecule has 0 aliphatic heterocycles. The van der Waals surface area contributed by atoms with Crippen molar-refractivity contribution >= 4 is 11.0 Å². The van der Waals surface area contributed by atoms with Crippen LogP contribution in [0, 0.1) is 6.92 Å². The van der Waals surface area contributed by atoms with E-state index in [-0.39, 0.29) is 20.4 Å². The van der Waals surface area contributed by atoms with Crippen LogP contribution in [0.5, 0.6) is 0 Å². The molecule has 0 saturated heterocycles. The molecule has 5 rings (SSSR count). The molecule has 0 amide bonds. The molecule has 5 heteroatoms. The summed E-state index contributed by atoms with van der Waals surface area (Å²) in [7, 11) is 0. The molecule has 4 nitrogen and oxygen atoms in total. The van der Waals surface area contributed by atoms with Gasteiger partial charge in [0.15, 0.2) is 0 Å². The first-order chi connectivity index (χ1) is 13.8. The summed E-state index contributed by atoms with van der Waals surface area (Å²) < 4.78 is 0. The Morgan fingerprint density at radius 2 is 1.28 bits per heavy atom. The number of fused-ring (bicyclic) bond motifs is 1. The standard InChI is InChI=1S/C12H8N3.C12H10N.Pd/c1-2-6-10-9(5-1)14-12(15-10)11-7-3-4-8-13-11;1-10-6-2-3-7-11(10)12-8-4-5-9-13-12;/h1-8H;2-9H,1H2;/q2*-1;+2. The average Bonchev–Trinajstić information content (AvgIpc) is 3.20. The van der Waals surface area contributed by atoms with E-state index in [9.17, 15) is 0 Å². The second-order valence-corrected chi connectivity index (χ2v) is 6.12. The van der Waals surface area contributed by atoms with Gasteiger partial charge in [0.2, 0.25) is 0 Å². The average molecular weight is 469 g/mol. The number of para-hydroxylation sites is 2. The van der Waals surface area contributed by atoms with Crippen LogP contribution in [0.15, 0.2) is 97.3 Å². The van der Waals surface area contributed by atoms with Crippen LogP contribution in [0.1, 0.15) is 5.56 Å². The molecule has 0 aliphatic rings. The molecule has 144 valence electrons. The summed E-state index contributed by atoms with van der Waals surface area (Å²) in [5, 5.41) is 0. The van der Waals surface area contributed by atoms with Crippen LogP contribution >= 0.6 is 0 Å². The van der Waals surface area contributed by atoms with E-state index in [0.29, 0.717) is 5.82 Å². The van der Waals surface area contributed by atoms with Gasteiger partial charge in [-0.3, -0.25) is 9.97 Å². The third kappa shape index (κ3) is 4.97. The first kappa shape index (κ1) is 20.5. The summed E-state index contributed by atoms with van der Waals surface area (Å²) in [6.07, 6.45) is 3.54. The van der Waals surface area contributed by atoms with Gasteiger partial charge in [0.05, 0.1) is 5.69 Å². The fraction of sp³-hybridized carbons (Fsp3) is 0. The van der Waals surface area contributed by atoms with Gasteiger partial charge < -0.3 is 9.97 Å². The van der Waals surface area contributed by atoms with Crippen molar-refractivity contribution in [3.05, 3.63) is 110 Å². The molecule has 3 aromatic heterocycles. The van der Waals surface area contributed by atoms with Crippen molar-refractivity contribution < 1.29 is 20.4 Å². The molecule has 0 radical (unpaired) electrons. The second-order valence-electron chi connectivity index (χ2n) is 6.12. The minimum absolute atomic E-state index is 0. The smallest absolute Gasteiger partial charge is 0.434 e. The Hall–Kier alpha value is -3.26. The summed E-state index contributed by atoms with van der Waals surface area (Å²) in [5.41, 5.74) is 5.74. The Morgan fingerprint density at radius 3 is 1.93 bits per heavy atom. The van der Waals surface area contributed by atoms with Crippen molar-refractivity contribution in [1.29, 1.82) is 0 Å². The van der Waals surface area contributed by atoms with Gasteiger partial charge in [-0.15, -0.1) is 17.7 Å². The van der Waals surface area contributed by atoms with Gasteiger partial charge in [-0.2, -0.15) is 18.6 Å². The number of imidazole rings is 1. The maximum atomic E-state index is 4.41. The number of aromatic nitrogens is 4. The Morgan fingerprint density at radius 1 is 0.655 bits per heavy atom. The van der Waals surface area contributed by atoms with Crippen LogP contribution < -0.4 is 4.98 Å². The Balaban J connectivity index is 0.000000162. The van der Waals surface area contributed by atoms with Crippen LogP contribution in [0.3, 0.4) is 0 Å². The van der Waals surface area contributed by atoms with Crippen molar-refractivity contribution in [2.24, 2.45) is 0 Å². The summed E-state index contributed by atoms with van der Waals surface area (Å²) in [4.78, 5) is 17.3. The number of hydrogen-bond acceptors (Lipinski definition) is 3. The molecule has 0 bridgehead atoms. The molecule has 0 N–H and O–H groups in total. The van der Waals surface area contributed by atoms with Gasteiger partial charge >= 0.3 is 20.4 Å². The van der Waals surface area contributed by atoms with Gasteiger partial charge in [0, 0.05) is 18.1 Å². The van der Waals surface area contributed by atoms with Crippen LogP contribution in [0.2, 0.25) is 0 Å². The maximum absolute atomic E-state index is 4.41. The van der Waals surface area contributed by atoms with Crippen LogP contribution in [0.25, 0.3) is 33.8 Å². The van der Waals surface area contributed by atoms with Crippen LogP contribution in [-0.4, -0.2) is 15.0 Å². The zero-order chi connectivity index (χ0) is 19.2. The third-order valence-electron chi connectivity index (χ3n) is 4.19. The molecule has 0 aliphatic carbocycles. The molecular weight excluding hydrogens is 451 g/mol. The van der Waals surface area contributed by atoms with E-state index in [4.69, 9.17) is 0 Å². The fourth-order valence-electron chi connectivity index (χ4n) is 2.81. The van der Waals surface area contributed by atoms with E-state index in [1.807, 2.05) is 84.9 Å². The van der Waals surface area contributed by atoms with Crippen LogP contribution in [0.4, 0.5) is 0 Å². The van der Waals surface area contributed by atoms with E-state index in [0.717, 1.165) is 33.5 Å². The molecule has 2 aromatic carbocycles. The predicted molar refractivity (Wildman–Crippen MR) is 112 cm³/mol. The first-order valence-corrected chi connectivity index (χ1v) is 8.94. The minimum Gasteiger partial charge on any atom is -0.434 e. The van der Waals surface area contributed by atoms with Crippen molar-refractivity contribution in [1.82, 2.24) is 19.9 Å². The van der Waals surface area contributed by atoms with Gasteiger partial charge in [0.25, 0.3) is 0 Å². The number of nitrogens with zero attached hydrogens (tertiary/aromatic N) is 4. The molecule has 0 atom stereocenters. The molecule has 0 unspecified atom stereocenters. The first-order valence-electron chi connectivity index (χ1n) is 8.94. The van der Waals surface area contributed by atoms with Crippen molar-refractivity contribution in [2.75, 3.05) is 0 Å². The fourth-order valence-corrected chi connectivity index (χ4v) is 2.81. The molecule has 0 saturated carbocycles. The Bertz CT molecular complexity index is 1140. The number of rotatable bonds is 2. The molecule has 29 heavy (non-hydrogen) atoms. The minimum atomic E-state index is 0. The summed E-state index contributed by atoms with van der Waals surface area (Å²) in [5.74, 6) is 0.691. The molecule has 3 heterocycles. The summed E-state index contributed by atoms with van der Waals surface area (Å²) in [6, 6.07) is 27.4. The van der Waals surface area contributed by atoms with Crippen LogP contribution in [-0.2, 0) is 20.4 Å².